The number of nitrogens with two attached hydrogens (primary N) is 1. The fourth-order valence-corrected chi connectivity index (χ4v) is 2.11. The summed E-state index contributed by atoms with van der Waals surface area (Å²) in [6, 6.07) is 0. The van der Waals surface area contributed by atoms with Gasteiger partial charge >= 0.3 is 5.69 Å². The Hall–Kier alpha value is -2.09. The Morgan fingerprint density at radius 1 is 1.36 bits per heavy atom. The van der Waals surface area contributed by atoms with Crippen LogP contribution in [0.2, 0.25) is 0 Å². The van der Waals surface area contributed by atoms with E-state index in [2.05, 4.69) is 4.98 Å². The van der Waals surface area contributed by atoms with E-state index in [0.29, 0.717) is 6.54 Å². The first-order valence-corrected chi connectivity index (χ1v) is 7.39. The smallest absolute Gasteiger partial charge is 0.330 e. The molecule has 1 aromatic heterocycles. The van der Waals surface area contributed by atoms with Crippen molar-refractivity contribution in [2.45, 2.75) is 39.7 Å². The minimum Gasteiger partial charge on any atom is -0.383 e. The summed E-state index contributed by atoms with van der Waals surface area (Å²) in [5.74, 6) is -0.241. The van der Waals surface area contributed by atoms with Crippen LogP contribution in [0.4, 0.5) is 11.5 Å². The summed E-state index contributed by atoms with van der Waals surface area (Å²) >= 11 is 0. The summed E-state index contributed by atoms with van der Waals surface area (Å²) in [4.78, 5) is 39.6. The van der Waals surface area contributed by atoms with Crippen molar-refractivity contribution < 1.29 is 9.53 Å². The van der Waals surface area contributed by atoms with Crippen LogP contribution in [0.25, 0.3) is 0 Å². The molecule has 1 heterocycles. The molecule has 0 aliphatic carbocycles. The summed E-state index contributed by atoms with van der Waals surface area (Å²) in [6.07, 6.45) is 1.84. The Labute approximate surface area is 128 Å². The number of nitrogen functional groups attached to an aromatic ring is 1. The molecule has 0 aliphatic heterocycles. The lowest BCUT2D eigenvalue weighted by atomic mass is 10.3. The molecule has 0 aliphatic rings. The highest BCUT2D eigenvalue weighted by Crippen LogP contribution is 2.17. The highest BCUT2D eigenvalue weighted by atomic mass is 16.5. The van der Waals surface area contributed by atoms with E-state index in [1.54, 1.807) is 6.92 Å². The van der Waals surface area contributed by atoms with Crippen molar-refractivity contribution >= 4 is 17.4 Å². The van der Waals surface area contributed by atoms with Crippen molar-refractivity contribution in [2.75, 3.05) is 30.9 Å². The Balaban J connectivity index is 3.38. The lowest BCUT2D eigenvalue weighted by Crippen LogP contribution is -2.42. The van der Waals surface area contributed by atoms with E-state index < -0.39 is 11.2 Å². The monoisotopic (exact) mass is 312 g/mol. The fourth-order valence-electron chi connectivity index (χ4n) is 2.11. The first kappa shape index (κ1) is 18.0. The number of rotatable bonds is 8. The molecule has 22 heavy (non-hydrogen) atoms. The maximum Gasteiger partial charge on any atom is 0.330 e. The van der Waals surface area contributed by atoms with E-state index in [1.807, 2.05) is 6.92 Å². The van der Waals surface area contributed by atoms with Crippen molar-refractivity contribution in [1.29, 1.82) is 0 Å². The Bertz CT molecular complexity index is 620. The molecule has 0 radical (unpaired) electrons. The van der Waals surface area contributed by atoms with E-state index in [1.165, 1.54) is 16.6 Å². The number of aromatic nitrogens is 2. The maximum atomic E-state index is 12.1. The zero-order valence-electron chi connectivity index (χ0n) is 13.3. The number of carbonyl (C=O) groups excluding carboxylic acids is 1. The first-order chi connectivity index (χ1) is 10.5. The number of H-pyrrole nitrogens is 1. The third-order valence-corrected chi connectivity index (χ3v) is 3.34. The van der Waals surface area contributed by atoms with Gasteiger partial charge in [-0.3, -0.25) is 19.1 Å². The number of methoxy groups -OCH3 is 1. The Morgan fingerprint density at radius 3 is 2.59 bits per heavy atom. The SMILES string of the molecule is CCCCn1c(N)c(N(CCOC)C(=O)CC)c(=O)[nH]c1=O. The highest BCUT2D eigenvalue weighted by Gasteiger charge is 2.22. The summed E-state index contributed by atoms with van der Waals surface area (Å²) in [7, 11) is 1.50. The van der Waals surface area contributed by atoms with Crippen LogP contribution in [-0.2, 0) is 16.1 Å². The highest BCUT2D eigenvalue weighted by molar-refractivity contribution is 5.95. The summed E-state index contributed by atoms with van der Waals surface area (Å²) in [5, 5.41) is 0. The molecule has 0 spiro atoms. The quantitative estimate of drug-likeness (QED) is 0.717. The number of amides is 1. The van der Waals surface area contributed by atoms with Crippen LogP contribution in [0, 0.1) is 0 Å². The number of ether oxygens (including phenoxy) is 1. The molecule has 0 fully saturated rings. The largest absolute Gasteiger partial charge is 0.383 e. The predicted molar refractivity (Wildman–Crippen MR) is 85.2 cm³/mol. The molecular weight excluding hydrogens is 288 g/mol. The first-order valence-electron chi connectivity index (χ1n) is 7.39. The van der Waals surface area contributed by atoms with Gasteiger partial charge in [-0.2, -0.15) is 0 Å². The van der Waals surface area contributed by atoms with Gasteiger partial charge in [0.05, 0.1) is 6.61 Å². The predicted octanol–water partition coefficient (Wildman–Crippen LogP) is 0.308. The number of nitrogens with zero attached hydrogens (tertiary/aromatic N) is 2. The van der Waals surface area contributed by atoms with Gasteiger partial charge in [0.25, 0.3) is 5.56 Å². The molecule has 124 valence electrons. The van der Waals surface area contributed by atoms with Crippen molar-refractivity contribution in [3.8, 4) is 0 Å². The average molecular weight is 312 g/mol. The summed E-state index contributed by atoms with van der Waals surface area (Å²) in [5.41, 5.74) is 4.79. The molecule has 0 bridgehead atoms. The van der Waals surface area contributed by atoms with Gasteiger partial charge in [-0.1, -0.05) is 20.3 Å². The third-order valence-electron chi connectivity index (χ3n) is 3.34. The number of carbonyl (C=O) groups is 1. The van der Waals surface area contributed by atoms with Gasteiger partial charge in [-0.15, -0.1) is 0 Å². The topological polar surface area (TPSA) is 110 Å². The van der Waals surface area contributed by atoms with Gasteiger partial charge < -0.3 is 15.4 Å². The van der Waals surface area contributed by atoms with Crippen molar-refractivity contribution in [3.63, 3.8) is 0 Å². The molecule has 1 amide bonds. The molecule has 0 saturated carbocycles. The van der Waals surface area contributed by atoms with E-state index in [9.17, 15) is 14.4 Å². The van der Waals surface area contributed by atoms with Gasteiger partial charge in [0.2, 0.25) is 5.91 Å². The molecule has 0 aromatic carbocycles. The Morgan fingerprint density at radius 2 is 2.05 bits per heavy atom. The number of nitrogens with one attached hydrogen (secondary N) is 1. The molecule has 1 rings (SSSR count). The van der Waals surface area contributed by atoms with Crippen molar-refractivity contribution in [3.05, 3.63) is 20.8 Å². The average Bonchev–Trinajstić information content (AvgIpc) is 2.49. The number of aromatic amines is 1. The minimum absolute atomic E-state index is 0.0135. The van der Waals surface area contributed by atoms with Crippen molar-refractivity contribution in [2.24, 2.45) is 0 Å². The fraction of sp³-hybridized carbons (Fsp3) is 0.643. The van der Waals surface area contributed by atoms with Crippen LogP contribution in [0.3, 0.4) is 0 Å². The lowest BCUT2D eigenvalue weighted by molar-refractivity contribution is -0.118. The number of anilines is 2. The second kappa shape index (κ2) is 8.38. The molecular formula is C14H24N4O4. The van der Waals surface area contributed by atoms with Gasteiger partial charge in [-0.25, -0.2) is 4.79 Å². The van der Waals surface area contributed by atoms with Gasteiger partial charge in [0.1, 0.15) is 5.82 Å². The van der Waals surface area contributed by atoms with Gasteiger partial charge in [-0.05, 0) is 6.42 Å². The van der Waals surface area contributed by atoms with Crippen LogP contribution >= 0.6 is 0 Å². The molecule has 0 unspecified atom stereocenters. The molecule has 8 heteroatoms. The molecule has 8 nitrogen and oxygen atoms in total. The molecule has 0 saturated heterocycles. The summed E-state index contributed by atoms with van der Waals surface area (Å²) < 4.78 is 6.27. The van der Waals surface area contributed by atoms with Crippen LogP contribution in [0.1, 0.15) is 33.1 Å². The Kier molecular flexibility index (Phi) is 6.84. The zero-order chi connectivity index (χ0) is 16.7. The zero-order valence-corrected chi connectivity index (χ0v) is 13.3. The van der Waals surface area contributed by atoms with Crippen LogP contribution in [0.15, 0.2) is 9.59 Å². The normalized spacial score (nSPS) is 10.7. The number of hydrogen-bond acceptors (Lipinski definition) is 5. The van der Waals surface area contributed by atoms with Crippen LogP contribution in [0.5, 0.6) is 0 Å². The minimum atomic E-state index is -0.659. The van der Waals surface area contributed by atoms with E-state index in [4.69, 9.17) is 10.5 Å². The van der Waals surface area contributed by atoms with Crippen LogP contribution in [-0.4, -0.2) is 35.7 Å². The second-order valence-corrected chi connectivity index (χ2v) is 4.89. The second-order valence-electron chi connectivity index (χ2n) is 4.89. The van der Waals surface area contributed by atoms with E-state index in [0.717, 1.165) is 12.8 Å². The third kappa shape index (κ3) is 3.97. The standard InChI is InChI=1S/C14H24N4O4/c1-4-6-7-18-12(15)11(13(20)16-14(18)21)17(8-9-22-3)10(19)5-2/h4-9,15H2,1-3H3,(H,16,20,21). The van der Waals surface area contributed by atoms with Crippen LogP contribution < -0.4 is 21.9 Å². The van der Waals surface area contributed by atoms with Gasteiger partial charge in [0, 0.05) is 26.6 Å². The summed E-state index contributed by atoms with van der Waals surface area (Å²) in [6.45, 7) is 4.53. The molecule has 3 N–H and O–H groups in total. The van der Waals surface area contributed by atoms with Crippen molar-refractivity contribution in [1.82, 2.24) is 9.55 Å². The van der Waals surface area contributed by atoms with Gasteiger partial charge in [0.15, 0.2) is 5.69 Å². The number of unbranched alkanes of at least 4 members (excludes halogenated alkanes) is 1. The van der Waals surface area contributed by atoms with E-state index >= 15 is 0 Å². The van der Waals surface area contributed by atoms with E-state index in [-0.39, 0.29) is 37.0 Å². The molecule has 1 aromatic rings. The lowest BCUT2D eigenvalue weighted by Gasteiger charge is -2.23. The molecule has 0 atom stereocenters. The number of hydrogen-bond donors (Lipinski definition) is 2. The maximum absolute atomic E-state index is 12.1.